The van der Waals surface area contributed by atoms with Crippen LogP contribution < -0.4 is 16.4 Å². The molecule has 0 aromatic heterocycles. The summed E-state index contributed by atoms with van der Waals surface area (Å²) in [5.74, 6) is -0.159. The van der Waals surface area contributed by atoms with Gasteiger partial charge in [-0.15, -0.1) is 0 Å². The van der Waals surface area contributed by atoms with Crippen molar-refractivity contribution < 1.29 is 22.4 Å². The van der Waals surface area contributed by atoms with Crippen molar-refractivity contribution in [1.82, 2.24) is 10.6 Å². The van der Waals surface area contributed by atoms with Gasteiger partial charge in [-0.05, 0) is 45.1 Å². The summed E-state index contributed by atoms with van der Waals surface area (Å²) in [7, 11) is -3.93. The summed E-state index contributed by atoms with van der Waals surface area (Å²) >= 11 is 0. The number of nitrogens with one attached hydrogen (secondary N) is 2. The van der Waals surface area contributed by atoms with Crippen molar-refractivity contribution in [2.75, 3.05) is 64.5 Å². The van der Waals surface area contributed by atoms with Crippen LogP contribution in [0.25, 0.3) is 0 Å². The molecule has 0 atom stereocenters. The Hall–Kier alpha value is -0.0731. The zero-order valence-corrected chi connectivity index (χ0v) is 16.9. The SMILES string of the molecule is NCCCOCCOCCNCCC[SiH2]CNCCCS(=O)(=O)O. The summed E-state index contributed by atoms with van der Waals surface area (Å²) in [6.45, 7) is 5.84. The van der Waals surface area contributed by atoms with E-state index in [-0.39, 0.29) is 15.3 Å². The van der Waals surface area contributed by atoms with Gasteiger partial charge in [-0.25, -0.2) is 0 Å². The van der Waals surface area contributed by atoms with E-state index in [1.54, 1.807) is 0 Å². The van der Waals surface area contributed by atoms with Crippen LogP contribution in [0.4, 0.5) is 0 Å². The summed E-state index contributed by atoms with van der Waals surface area (Å²) in [6.07, 6.45) is 3.54. The molecule has 0 heterocycles. The highest BCUT2D eigenvalue weighted by Gasteiger charge is 2.02. The molecule has 0 aromatic rings. The van der Waals surface area contributed by atoms with Gasteiger partial charge in [0.15, 0.2) is 0 Å². The Balaban J connectivity index is 3.03. The fraction of sp³-hybridized carbons (Fsp3) is 1.00. The Bertz CT molecular complexity index is 360. The summed E-state index contributed by atoms with van der Waals surface area (Å²) in [5.41, 5.74) is 5.36. The van der Waals surface area contributed by atoms with Crippen LogP contribution in [0.15, 0.2) is 0 Å². The van der Waals surface area contributed by atoms with Crippen LogP contribution in [-0.2, 0) is 19.6 Å². The smallest absolute Gasteiger partial charge is 0.264 e. The number of nitrogens with two attached hydrogens (primary N) is 1. The Kier molecular flexibility index (Phi) is 17.7. The number of rotatable bonds is 19. The van der Waals surface area contributed by atoms with Crippen molar-refractivity contribution in [3.63, 3.8) is 0 Å². The summed E-state index contributed by atoms with van der Waals surface area (Å²) in [6, 6.07) is 1.26. The lowest BCUT2D eigenvalue weighted by atomic mass is 10.5. The molecule has 0 unspecified atom stereocenters. The molecule has 10 heteroatoms. The zero-order valence-electron chi connectivity index (χ0n) is 14.7. The highest BCUT2D eigenvalue weighted by atomic mass is 32.2. The minimum absolute atomic E-state index is 0.129. The van der Waals surface area contributed by atoms with Crippen LogP contribution in [0.3, 0.4) is 0 Å². The second-order valence-electron chi connectivity index (χ2n) is 5.57. The zero-order chi connectivity index (χ0) is 17.9. The summed E-state index contributed by atoms with van der Waals surface area (Å²) in [5, 5.41) is 6.58. The first-order chi connectivity index (χ1) is 11.6. The second kappa shape index (κ2) is 17.7. The highest BCUT2D eigenvalue weighted by molar-refractivity contribution is 7.85. The van der Waals surface area contributed by atoms with Gasteiger partial charge in [-0.3, -0.25) is 4.55 Å². The lowest BCUT2D eigenvalue weighted by molar-refractivity contribution is 0.0486. The van der Waals surface area contributed by atoms with Crippen LogP contribution in [0.2, 0.25) is 6.04 Å². The number of hydrogen-bond acceptors (Lipinski definition) is 7. The first-order valence-corrected chi connectivity index (χ1v) is 12.4. The number of ether oxygens (including phenoxy) is 2. The highest BCUT2D eigenvalue weighted by Crippen LogP contribution is 1.88. The molecule has 0 saturated heterocycles. The van der Waals surface area contributed by atoms with Crippen molar-refractivity contribution in [1.29, 1.82) is 0 Å². The van der Waals surface area contributed by atoms with Gasteiger partial charge in [-0.2, -0.15) is 8.42 Å². The molecule has 0 amide bonds. The molecule has 0 fully saturated rings. The lowest BCUT2D eigenvalue weighted by Crippen LogP contribution is -2.25. The fourth-order valence-corrected chi connectivity index (χ4v) is 3.82. The first-order valence-electron chi connectivity index (χ1n) is 8.78. The Morgan fingerprint density at radius 1 is 0.917 bits per heavy atom. The van der Waals surface area contributed by atoms with Crippen molar-refractivity contribution in [2.24, 2.45) is 5.73 Å². The van der Waals surface area contributed by atoms with Crippen molar-refractivity contribution in [2.45, 2.75) is 25.3 Å². The van der Waals surface area contributed by atoms with Gasteiger partial charge in [0.25, 0.3) is 10.1 Å². The molecule has 146 valence electrons. The molecule has 0 radical (unpaired) electrons. The van der Waals surface area contributed by atoms with Crippen molar-refractivity contribution >= 4 is 19.6 Å². The van der Waals surface area contributed by atoms with Crippen LogP contribution in [-0.4, -0.2) is 87.0 Å². The van der Waals surface area contributed by atoms with Crippen LogP contribution in [0, 0.1) is 0 Å². The second-order valence-corrected chi connectivity index (χ2v) is 9.05. The predicted molar refractivity (Wildman–Crippen MR) is 100 cm³/mol. The Morgan fingerprint density at radius 3 is 2.33 bits per heavy atom. The molecule has 5 N–H and O–H groups in total. The van der Waals surface area contributed by atoms with E-state index in [0.29, 0.717) is 45.9 Å². The predicted octanol–water partition coefficient (Wildman–Crippen LogP) is -1.24. The molecule has 24 heavy (non-hydrogen) atoms. The molecule has 0 aliphatic rings. The Morgan fingerprint density at radius 2 is 1.62 bits per heavy atom. The molecular weight excluding hydrogens is 350 g/mol. The number of hydrogen-bond donors (Lipinski definition) is 4. The van der Waals surface area contributed by atoms with E-state index in [1.165, 1.54) is 12.5 Å². The minimum Gasteiger partial charge on any atom is -0.379 e. The maximum atomic E-state index is 10.5. The molecule has 0 bridgehead atoms. The van der Waals surface area contributed by atoms with E-state index < -0.39 is 10.1 Å². The quantitative estimate of drug-likeness (QED) is 0.124. The molecule has 0 spiro atoms. The van der Waals surface area contributed by atoms with Gasteiger partial charge in [0.2, 0.25) is 0 Å². The maximum Gasteiger partial charge on any atom is 0.264 e. The molecule has 0 saturated carbocycles. The monoisotopic (exact) mass is 385 g/mol. The average molecular weight is 386 g/mol. The van der Waals surface area contributed by atoms with Crippen molar-refractivity contribution in [3.05, 3.63) is 0 Å². The minimum atomic E-state index is -3.80. The van der Waals surface area contributed by atoms with Crippen LogP contribution >= 0.6 is 0 Å². The maximum absolute atomic E-state index is 10.5. The van der Waals surface area contributed by atoms with E-state index in [4.69, 9.17) is 19.8 Å². The van der Waals surface area contributed by atoms with Crippen LogP contribution in [0.1, 0.15) is 19.3 Å². The topological polar surface area (TPSA) is 123 Å². The average Bonchev–Trinajstić information content (AvgIpc) is 2.52. The van der Waals surface area contributed by atoms with E-state index >= 15 is 0 Å². The third-order valence-corrected chi connectivity index (χ3v) is 5.76. The third-order valence-electron chi connectivity index (χ3n) is 3.25. The molecule has 0 aliphatic heterocycles. The van der Waals surface area contributed by atoms with Gasteiger partial charge in [0.1, 0.15) is 0 Å². The normalized spacial score (nSPS) is 12.4. The van der Waals surface area contributed by atoms with E-state index in [9.17, 15) is 8.42 Å². The first kappa shape index (κ1) is 23.9. The van der Waals surface area contributed by atoms with Gasteiger partial charge < -0.3 is 25.8 Å². The van der Waals surface area contributed by atoms with E-state index in [2.05, 4.69) is 10.6 Å². The van der Waals surface area contributed by atoms with E-state index in [0.717, 1.165) is 25.7 Å². The molecule has 8 nitrogen and oxygen atoms in total. The molecular formula is C14H35N3O5SSi. The van der Waals surface area contributed by atoms with Gasteiger partial charge >= 0.3 is 0 Å². The molecule has 0 rings (SSSR count). The largest absolute Gasteiger partial charge is 0.379 e. The van der Waals surface area contributed by atoms with Gasteiger partial charge in [0, 0.05) is 22.7 Å². The van der Waals surface area contributed by atoms with Gasteiger partial charge in [0.05, 0.1) is 25.6 Å². The third kappa shape index (κ3) is 21.9. The van der Waals surface area contributed by atoms with E-state index in [1.807, 2.05) is 0 Å². The van der Waals surface area contributed by atoms with Crippen LogP contribution in [0.5, 0.6) is 0 Å². The molecule has 0 aliphatic carbocycles. The molecule has 0 aromatic carbocycles. The summed E-state index contributed by atoms with van der Waals surface area (Å²) in [4.78, 5) is 0. The summed E-state index contributed by atoms with van der Waals surface area (Å²) < 4.78 is 40.4. The Labute approximate surface area is 148 Å². The van der Waals surface area contributed by atoms with Gasteiger partial charge in [-0.1, -0.05) is 6.04 Å². The fourth-order valence-electron chi connectivity index (χ4n) is 1.96. The standard InChI is InChI=1S/C14H35N3O5SSi/c15-4-1-8-21-10-11-22-9-7-16-6-3-13-24-14-17-5-2-12-23(18,19)20/h16-17H,1-15,24H2,(H,18,19,20). The van der Waals surface area contributed by atoms with Crippen molar-refractivity contribution in [3.8, 4) is 0 Å². The lowest BCUT2D eigenvalue weighted by Gasteiger charge is -2.07.